The Balaban J connectivity index is 1.77. The van der Waals surface area contributed by atoms with Gasteiger partial charge in [-0.25, -0.2) is 0 Å². The third-order valence-electron chi connectivity index (χ3n) is 3.27. The molecule has 1 aromatic carbocycles. The fraction of sp³-hybridized carbons (Fsp3) is 0.533. The van der Waals surface area contributed by atoms with Gasteiger partial charge in [0.15, 0.2) is 0 Å². The van der Waals surface area contributed by atoms with Crippen molar-refractivity contribution in [3.05, 3.63) is 35.9 Å². The summed E-state index contributed by atoms with van der Waals surface area (Å²) in [5.41, 5.74) is 1.08. The topological polar surface area (TPSA) is 38.8 Å². The standard InChI is InChI=1S/C15H21NO3/c1-12-9-19-13(2)8-16(12)15(17)11-18-10-14-6-4-3-5-7-14/h3-7,12-13H,8-11H2,1-2H3. The first-order chi connectivity index (χ1) is 9.16. The molecule has 0 radical (unpaired) electrons. The van der Waals surface area contributed by atoms with Gasteiger partial charge in [0.25, 0.3) is 0 Å². The minimum absolute atomic E-state index is 0.0404. The number of rotatable bonds is 4. The SMILES string of the molecule is CC1CN(C(=O)COCc2ccccc2)C(C)CO1. The summed E-state index contributed by atoms with van der Waals surface area (Å²) in [4.78, 5) is 13.9. The molecule has 0 aliphatic carbocycles. The first-order valence-electron chi connectivity index (χ1n) is 6.69. The third-order valence-corrected chi connectivity index (χ3v) is 3.27. The molecule has 1 aliphatic heterocycles. The Kier molecular flexibility index (Phi) is 4.93. The predicted octanol–water partition coefficient (Wildman–Crippen LogP) is 1.84. The van der Waals surface area contributed by atoms with Crippen LogP contribution in [0.25, 0.3) is 0 Å². The highest BCUT2D eigenvalue weighted by atomic mass is 16.5. The fourth-order valence-electron chi connectivity index (χ4n) is 2.16. The van der Waals surface area contributed by atoms with E-state index in [1.165, 1.54) is 0 Å². The van der Waals surface area contributed by atoms with Crippen molar-refractivity contribution < 1.29 is 14.3 Å². The molecule has 2 atom stereocenters. The number of carbonyl (C=O) groups excluding carboxylic acids is 1. The molecule has 19 heavy (non-hydrogen) atoms. The molecule has 1 aromatic rings. The molecule has 1 heterocycles. The van der Waals surface area contributed by atoms with Gasteiger partial charge in [0.1, 0.15) is 6.61 Å². The molecule has 2 unspecified atom stereocenters. The Labute approximate surface area is 114 Å². The Bertz CT molecular complexity index is 407. The maximum absolute atomic E-state index is 12.1. The van der Waals surface area contributed by atoms with Crippen LogP contribution in [0.2, 0.25) is 0 Å². The fourth-order valence-corrected chi connectivity index (χ4v) is 2.16. The van der Waals surface area contributed by atoms with Crippen LogP contribution < -0.4 is 0 Å². The van der Waals surface area contributed by atoms with E-state index in [1.54, 1.807) is 0 Å². The number of benzene rings is 1. The normalized spacial score (nSPS) is 23.4. The van der Waals surface area contributed by atoms with Gasteiger partial charge in [-0.1, -0.05) is 30.3 Å². The number of nitrogens with zero attached hydrogens (tertiary/aromatic N) is 1. The van der Waals surface area contributed by atoms with Crippen LogP contribution in [0.15, 0.2) is 30.3 Å². The molecule has 1 fully saturated rings. The molecule has 4 heteroatoms. The van der Waals surface area contributed by atoms with E-state index in [2.05, 4.69) is 0 Å². The van der Waals surface area contributed by atoms with Crippen molar-refractivity contribution in [1.82, 2.24) is 4.90 Å². The maximum atomic E-state index is 12.1. The van der Waals surface area contributed by atoms with Crippen LogP contribution >= 0.6 is 0 Å². The highest BCUT2D eigenvalue weighted by Crippen LogP contribution is 2.11. The summed E-state index contributed by atoms with van der Waals surface area (Å²) in [6.07, 6.45) is 0.106. The highest BCUT2D eigenvalue weighted by molar-refractivity contribution is 5.77. The lowest BCUT2D eigenvalue weighted by molar-refractivity contribution is -0.148. The van der Waals surface area contributed by atoms with Crippen LogP contribution in [-0.2, 0) is 20.9 Å². The van der Waals surface area contributed by atoms with Crippen LogP contribution in [-0.4, -0.2) is 42.7 Å². The van der Waals surface area contributed by atoms with E-state index in [4.69, 9.17) is 9.47 Å². The highest BCUT2D eigenvalue weighted by Gasteiger charge is 2.27. The molecule has 1 saturated heterocycles. The molecular formula is C15H21NO3. The van der Waals surface area contributed by atoms with Gasteiger partial charge in [0, 0.05) is 6.54 Å². The molecule has 2 rings (SSSR count). The maximum Gasteiger partial charge on any atom is 0.248 e. The van der Waals surface area contributed by atoms with E-state index in [-0.39, 0.29) is 24.7 Å². The van der Waals surface area contributed by atoms with Crippen LogP contribution in [0.3, 0.4) is 0 Å². The molecule has 1 amide bonds. The van der Waals surface area contributed by atoms with Gasteiger partial charge in [-0.3, -0.25) is 4.79 Å². The second-order valence-corrected chi connectivity index (χ2v) is 5.02. The van der Waals surface area contributed by atoms with E-state index in [9.17, 15) is 4.79 Å². The zero-order valence-electron chi connectivity index (χ0n) is 11.5. The molecule has 0 N–H and O–H groups in total. The zero-order valence-corrected chi connectivity index (χ0v) is 11.5. The first-order valence-corrected chi connectivity index (χ1v) is 6.69. The molecule has 0 spiro atoms. The van der Waals surface area contributed by atoms with Crippen LogP contribution in [0.4, 0.5) is 0 Å². The van der Waals surface area contributed by atoms with Gasteiger partial charge in [-0.05, 0) is 19.4 Å². The average molecular weight is 263 g/mol. The second-order valence-electron chi connectivity index (χ2n) is 5.02. The largest absolute Gasteiger partial charge is 0.375 e. The van der Waals surface area contributed by atoms with Crippen molar-refractivity contribution in [2.45, 2.75) is 32.6 Å². The molecule has 0 saturated carbocycles. The lowest BCUT2D eigenvalue weighted by Gasteiger charge is -2.36. The van der Waals surface area contributed by atoms with Crippen molar-refractivity contribution >= 4 is 5.91 Å². The van der Waals surface area contributed by atoms with Gasteiger partial charge >= 0.3 is 0 Å². The summed E-state index contributed by atoms with van der Waals surface area (Å²) in [7, 11) is 0. The van der Waals surface area contributed by atoms with Crippen LogP contribution in [0.5, 0.6) is 0 Å². The summed E-state index contributed by atoms with van der Waals surface area (Å²) in [6.45, 7) is 5.84. The third kappa shape index (κ3) is 4.04. The van der Waals surface area contributed by atoms with Crippen molar-refractivity contribution in [2.24, 2.45) is 0 Å². The van der Waals surface area contributed by atoms with E-state index < -0.39 is 0 Å². The smallest absolute Gasteiger partial charge is 0.248 e. The molecule has 1 aliphatic rings. The summed E-state index contributed by atoms with van der Waals surface area (Å²) >= 11 is 0. The number of hydrogen-bond acceptors (Lipinski definition) is 3. The number of carbonyl (C=O) groups is 1. The zero-order chi connectivity index (χ0) is 13.7. The summed E-state index contributed by atoms with van der Waals surface area (Å²) in [5, 5.41) is 0. The summed E-state index contributed by atoms with van der Waals surface area (Å²) in [5.74, 6) is 0.0404. The van der Waals surface area contributed by atoms with Crippen molar-refractivity contribution in [2.75, 3.05) is 19.8 Å². The van der Waals surface area contributed by atoms with Crippen LogP contribution in [0, 0.1) is 0 Å². The minimum Gasteiger partial charge on any atom is -0.375 e. The van der Waals surface area contributed by atoms with Crippen molar-refractivity contribution in [1.29, 1.82) is 0 Å². The first kappa shape index (κ1) is 14.0. The second kappa shape index (κ2) is 6.68. The minimum atomic E-state index is 0.0404. The van der Waals surface area contributed by atoms with Gasteiger partial charge in [-0.2, -0.15) is 0 Å². The Morgan fingerprint density at radius 2 is 2.11 bits per heavy atom. The van der Waals surface area contributed by atoms with Gasteiger partial charge in [-0.15, -0.1) is 0 Å². The van der Waals surface area contributed by atoms with E-state index in [0.717, 1.165) is 5.56 Å². The van der Waals surface area contributed by atoms with Crippen molar-refractivity contribution in [3.8, 4) is 0 Å². The predicted molar refractivity (Wildman–Crippen MR) is 72.7 cm³/mol. The lowest BCUT2D eigenvalue weighted by atomic mass is 10.2. The van der Waals surface area contributed by atoms with Gasteiger partial charge in [0.05, 0.1) is 25.4 Å². The number of hydrogen-bond donors (Lipinski definition) is 0. The van der Waals surface area contributed by atoms with Gasteiger partial charge < -0.3 is 14.4 Å². The lowest BCUT2D eigenvalue weighted by Crippen LogP contribution is -2.51. The summed E-state index contributed by atoms with van der Waals surface area (Å²) < 4.78 is 11.0. The molecule has 4 nitrogen and oxygen atoms in total. The molecular weight excluding hydrogens is 242 g/mol. The molecule has 0 aromatic heterocycles. The Morgan fingerprint density at radius 3 is 2.84 bits per heavy atom. The van der Waals surface area contributed by atoms with E-state index >= 15 is 0 Å². The Hall–Kier alpha value is -1.39. The summed E-state index contributed by atoms with van der Waals surface area (Å²) in [6, 6.07) is 10.0. The van der Waals surface area contributed by atoms with Crippen molar-refractivity contribution in [3.63, 3.8) is 0 Å². The number of ether oxygens (including phenoxy) is 2. The molecule has 104 valence electrons. The van der Waals surface area contributed by atoms with Crippen LogP contribution in [0.1, 0.15) is 19.4 Å². The Morgan fingerprint density at radius 1 is 1.37 bits per heavy atom. The van der Waals surface area contributed by atoms with E-state index in [1.807, 2.05) is 49.1 Å². The molecule has 0 bridgehead atoms. The number of morpholine rings is 1. The quantitative estimate of drug-likeness (QED) is 0.832. The van der Waals surface area contributed by atoms with E-state index in [0.29, 0.717) is 19.8 Å². The number of amides is 1. The average Bonchev–Trinajstić information content (AvgIpc) is 2.42. The monoisotopic (exact) mass is 263 g/mol. The van der Waals surface area contributed by atoms with Gasteiger partial charge in [0.2, 0.25) is 5.91 Å².